The van der Waals surface area contributed by atoms with E-state index in [-0.39, 0.29) is 0 Å². The number of para-hydroxylation sites is 2. The third kappa shape index (κ3) is 4.84. The Kier molecular flexibility index (Phi) is 6.43. The van der Waals surface area contributed by atoms with Crippen molar-refractivity contribution in [2.24, 2.45) is 0 Å². The topological polar surface area (TPSA) is 51.8 Å². The molecule has 0 aliphatic rings. The molecule has 0 saturated carbocycles. The smallest absolute Gasteiger partial charge is 0.162 e. The van der Waals surface area contributed by atoms with E-state index in [1.165, 1.54) is 0 Å². The van der Waals surface area contributed by atoms with Crippen LogP contribution >= 0.6 is 0 Å². The van der Waals surface area contributed by atoms with Crippen molar-refractivity contribution in [3.8, 4) is 56.2 Å². The molecule has 0 atom stereocenters. The molecule has 0 bridgehead atoms. The van der Waals surface area contributed by atoms with Crippen LogP contribution in [0, 0.1) is 0 Å². The molecule has 0 aliphatic heterocycles. The summed E-state index contributed by atoms with van der Waals surface area (Å²) in [7, 11) is 0. The van der Waals surface area contributed by atoms with E-state index in [0.29, 0.717) is 5.82 Å². The summed E-state index contributed by atoms with van der Waals surface area (Å²) in [6, 6.07) is 56.2. The van der Waals surface area contributed by atoms with Gasteiger partial charge in [0.2, 0.25) is 0 Å². The molecule has 0 fully saturated rings. The highest BCUT2D eigenvalue weighted by molar-refractivity contribution is 6.15. The van der Waals surface area contributed by atoms with E-state index in [1.807, 2.05) is 60.7 Å². The summed E-state index contributed by atoms with van der Waals surface area (Å²) in [6.07, 6.45) is 0. The number of pyridine rings is 1. The second kappa shape index (κ2) is 11.2. The average molecular weight is 602 g/mol. The Bertz CT molecular complexity index is 2510. The van der Waals surface area contributed by atoms with E-state index in [9.17, 15) is 0 Å². The first-order valence-corrected chi connectivity index (χ1v) is 15.7. The molecule has 220 valence electrons. The maximum Gasteiger partial charge on any atom is 0.162 e. The van der Waals surface area contributed by atoms with E-state index in [0.717, 1.165) is 83.3 Å². The number of benzene rings is 6. The van der Waals surface area contributed by atoms with Crippen LogP contribution in [0.5, 0.6) is 0 Å². The van der Waals surface area contributed by atoms with Gasteiger partial charge in [-0.05, 0) is 53.1 Å². The van der Waals surface area contributed by atoms with Crippen molar-refractivity contribution in [1.29, 1.82) is 0 Å². The molecule has 0 amide bonds. The van der Waals surface area contributed by atoms with Crippen LogP contribution in [0.3, 0.4) is 0 Å². The van der Waals surface area contributed by atoms with Gasteiger partial charge in [0.25, 0.3) is 0 Å². The minimum Gasteiger partial charge on any atom is -0.454 e. The van der Waals surface area contributed by atoms with Crippen LogP contribution in [0.1, 0.15) is 0 Å². The molecule has 0 N–H and O–H groups in total. The summed E-state index contributed by atoms with van der Waals surface area (Å²) in [6.45, 7) is 0. The van der Waals surface area contributed by atoms with Gasteiger partial charge in [0.1, 0.15) is 11.1 Å². The fraction of sp³-hybridized carbons (Fsp3) is 0. The third-order valence-corrected chi connectivity index (χ3v) is 8.67. The standard InChI is InChI=1S/C43H27N3O/c1-3-13-28(14-4-1)37-27-38(46-43(45-37)29-15-5-2-6-16-29)32-19-11-17-30(25-32)31-18-12-20-33(26-31)40-34-21-7-9-23-36(34)44-41-35-22-8-10-24-39(35)47-42(40)41/h1-27H. The van der Waals surface area contributed by atoms with Crippen molar-refractivity contribution in [1.82, 2.24) is 15.0 Å². The van der Waals surface area contributed by atoms with Gasteiger partial charge in [0.15, 0.2) is 11.4 Å². The number of fused-ring (bicyclic) bond motifs is 4. The zero-order valence-electron chi connectivity index (χ0n) is 25.3. The van der Waals surface area contributed by atoms with Crippen molar-refractivity contribution in [2.75, 3.05) is 0 Å². The van der Waals surface area contributed by atoms with Gasteiger partial charge in [0.05, 0.1) is 16.9 Å². The average Bonchev–Trinajstić information content (AvgIpc) is 3.52. The lowest BCUT2D eigenvalue weighted by Gasteiger charge is -2.12. The number of rotatable bonds is 5. The molecule has 4 heteroatoms. The van der Waals surface area contributed by atoms with E-state index in [1.54, 1.807) is 0 Å². The highest BCUT2D eigenvalue weighted by Gasteiger charge is 2.18. The van der Waals surface area contributed by atoms with Crippen molar-refractivity contribution in [3.05, 3.63) is 164 Å². The minimum absolute atomic E-state index is 0.703. The summed E-state index contributed by atoms with van der Waals surface area (Å²) >= 11 is 0. The molecule has 0 saturated heterocycles. The van der Waals surface area contributed by atoms with Gasteiger partial charge in [-0.25, -0.2) is 15.0 Å². The second-order valence-electron chi connectivity index (χ2n) is 11.6. The van der Waals surface area contributed by atoms with Gasteiger partial charge in [0, 0.05) is 33.0 Å². The predicted octanol–water partition coefficient (Wildman–Crippen LogP) is 11.3. The lowest BCUT2D eigenvalue weighted by Crippen LogP contribution is -1.96. The molecular formula is C43H27N3O. The predicted molar refractivity (Wildman–Crippen MR) is 192 cm³/mol. The van der Waals surface area contributed by atoms with Gasteiger partial charge < -0.3 is 4.42 Å². The molecule has 3 heterocycles. The first-order valence-electron chi connectivity index (χ1n) is 15.7. The minimum atomic E-state index is 0.703. The summed E-state index contributed by atoms with van der Waals surface area (Å²) in [5, 5.41) is 2.08. The van der Waals surface area contributed by atoms with Gasteiger partial charge in [-0.2, -0.15) is 0 Å². The second-order valence-corrected chi connectivity index (χ2v) is 11.6. The van der Waals surface area contributed by atoms with E-state index in [4.69, 9.17) is 19.4 Å². The van der Waals surface area contributed by atoms with Crippen LogP contribution in [0.2, 0.25) is 0 Å². The fourth-order valence-electron chi connectivity index (χ4n) is 6.40. The molecule has 0 unspecified atom stereocenters. The first kappa shape index (κ1) is 27.0. The van der Waals surface area contributed by atoms with E-state index >= 15 is 0 Å². The first-order chi connectivity index (χ1) is 23.3. The molecule has 0 aliphatic carbocycles. The lowest BCUT2D eigenvalue weighted by molar-refractivity contribution is 0.670. The highest BCUT2D eigenvalue weighted by Crippen LogP contribution is 2.40. The molecule has 3 aromatic heterocycles. The summed E-state index contributed by atoms with van der Waals surface area (Å²) in [5.74, 6) is 0.703. The van der Waals surface area contributed by atoms with Gasteiger partial charge in [-0.1, -0.05) is 127 Å². The molecule has 6 aromatic carbocycles. The van der Waals surface area contributed by atoms with Crippen LogP contribution in [-0.2, 0) is 0 Å². The van der Waals surface area contributed by atoms with Crippen LogP contribution in [-0.4, -0.2) is 15.0 Å². The van der Waals surface area contributed by atoms with Crippen molar-refractivity contribution < 1.29 is 4.42 Å². The Labute approximate surface area is 271 Å². The Balaban J connectivity index is 1.19. The van der Waals surface area contributed by atoms with Crippen LogP contribution in [0.25, 0.3) is 89.1 Å². The summed E-state index contributed by atoms with van der Waals surface area (Å²) < 4.78 is 6.49. The number of hydrogen-bond acceptors (Lipinski definition) is 4. The van der Waals surface area contributed by atoms with Crippen LogP contribution < -0.4 is 0 Å². The monoisotopic (exact) mass is 601 g/mol. The van der Waals surface area contributed by atoms with Gasteiger partial charge >= 0.3 is 0 Å². The lowest BCUT2D eigenvalue weighted by atomic mass is 9.95. The Morgan fingerprint density at radius 3 is 1.70 bits per heavy atom. The molecule has 0 spiro atoms. The van der Waals surface area contributed by atoms with Crippen molar-refractivity contribution in [2.45, 2.75) is 0 Å². The van der Waals surface area contributed by atoms with E-state index in [2.05, 4.69) is 103 Å². The van der Waals surface area contributed by atoms with Crippen LogP contribution in [0.4, 0.5) is 0 Å². The quantitative estimate of drug-likeness (QED) is 0.197. The molecule has 9 aromatic rings. The zero-order valence-corrected chi connectivity index (χ0v) is 25.3. The summed E-state index contributed by atoms with van der Waals surface area (Å²) in [5.41, 5.74) is 12.6. The Hall–Kier alpha value is -6.39. The summed E-state index contributed by atoms with van der Waals surface area (Å²) in [4.78, 5) is 15.1. The van der Waals surface area contributed by atoms with Crippen molar-refractivity contribution in [3.63, 3.8) is 0 Å². The SMILES string of the molecule is c1ccc(-c2cc(-c3cccc(-c4cccc(-c5c6ccccc6nc6c5oc5ccccc56)c4)c3)nc(-c3ccccc3)n2)cc1. The molecule has 9 rings (SSSR count). The highest BCUT2D eigenvalue weighted by atomic mass is 16.3. The largest absolute Gasteiger partial charge is 0.454 e. The Morgan fingerprint density at radius 2 is 0.936 bits per heavy atom. The normalized spacial score (nSPS) is 11.4. The molecule has 47 heavy (non-hydrogen) atoms. The van der Waals surface area contributed by atoms with E-state index < -0.39 is 0 Å². The molecule has 0 radical (unpaired) electrons. The van der Waals surface area contributed by atoms with Crippen LogP contribution in [0.15, 0.2) is 168 Å². The number of nitrogens with zero attached hydrogens (tertiary/aromatic N) is 3. The maximum absolute atomic E-state index is 6.49. The molecule has 4 nitrogen and oxygen atoms in total. The van der Waals surface area contributed by atoms with Gasteiger partial charge in [-0.15, -0.1) is 0 Å². The third-order valence-electron chi connectivity index (χ3n) is 8.67. The van der Waals surface area contributed by atoms with Gasteiger partial charge in [-0.3, -0.25) is 0 Å². The Morgan fingerprint density at radius 1 is 0.383 bits per heavy atom. The molecular weight excluding hydrogens is 574 g/mol. The maximum atomic E-state index is 6.49. The number of hydrogen-bond donors (Lipinski definition) is 0. The van der Waals surface area contributed by atoms with Crippen molar-refractivity contribution >= 4 is 33.0 Å². The number of aromatic nitrogens is 3. The fourth-order valence-corrected chi connectivity index (χ4v) is 6.40. The number of furan rings is 1. The zero-order chi connectivity index (χ0) is 31.2.